The maximum atomic E-state index is 12.6. The zero-order valence-corrected chi connectivity index (χ0v) is 17.7. The van der Waals surface area contributed by atoms with Crippen molar-refractivity contribution in [3.8, 4) is 11.5 Å². The molecule has 31 heavy (non-hydrogen) atoms. The molecule has 0 aliphatic carbocycles. The number of likely N-dealkylation sites (tertiary alicyclic amines) is 2. The van der Waals surface area contributed by atoms with Gasteiger partial charge >= 0.3 is 0 Å². The zero-order valence-electron chi connectivity index (χ0n) is 17.7. The van der Waals surface area contributed by atoms with Crippen molar-refractivity contribution in [1.82, 2.24) is 9.80 Å². The highest BCUT2D eigenvalue weighted by molar-refractivity contribution is 5.94. The smallest absolute Gasteiger partial charge is 0.253 e. The summed E-state index contributed by atoms with van der Waals surface area (Å²) in [6, 6.07) is 27.9. The predicted molar refractivity (Wildman–Crippen MR) is 122 cm³/mol. The van der Waals surface area contributed by atoms with Crippen molar-refractivity contribution in [2.45, 2.75) is 19.4 Å². The summed E-state index contributed by atoms with van der Waals surface area (Å²) < 4.78 is 5.98. The molecule has 2 aliphatic rings. The molecule has 0 bridgehead atoms. The highest BCUT2D eigenvalue weighted by atomic mass is 16.5. The van der Waals surface area contributed by atoms with Gasteiger partial charge in [0.25, 0.3) is 5.91 Å². The molecule has 1 spiro atoms. The normalized spacial score (nSPS) is 17.9. The van der Waals surface area contributed by atoms with Crippen LogP contribution in [0.5, 0.6) is 11.5 Å². The van der Waals surface area contributed by atoms with Gasteiger partial charge in [0, 0.05) is 30.6 Å². The summed E-state index contributed by atoms with van der Waals surface area (Å²) >= 11 is 0. The van der Waals surface area contributed by atoms with Gasteiger partial charge in [0.1, 0.15) is 11.5 Å². The molecule has 2 saturated heterocycles. The average Bonchev–Trinajstić information content (AvgIpc) is 2.79. The molecule has 4 nitrogen and oxygen atoms in total. The summed E-state index contributed by atoms with van der Waals surface area (Å²) in [6.45, 7) is 4.90. The zero-order chi connectivity index (χ0) is 21.1. The molecule has 0 saturated carbocycles. The van der Waals surface area contributed by atoms with Crippen LogP contribution in [0.4, 0.5) is 0 Å². The number of para-hydroxylation sites is 1. The van der Waals surface area contributed by atoms with Crippen LogP contribution in [0.15, 0.2) is 84.9 Å². The summed E-state index contributed by atoms with van der Waals surface area (Å²) in [5.41, 5.74) is 2.39. The lowest BCUT2D eigenvalue weighted by molar-refractivity contribution is -0.0336. The summed E-state index contributed by atoms with van der Waals surface area (Å²) in [6.07, 6.45) is 2.32. The molecule has 5 rings (SSSR count). The number of benzene rings is 3. The molecule has 3 aromatic carbocycles. The van der Waals surface area contributed by atoms with Crippen molar-refractivity contribution >= 4 is 5.91 Å². The van der Waals surface area contributed by atoms with Gasteiger partial charge in [-0.15, -0.1) is 0 Å². The molecule has 4 heteroatoms. The molecule has 0 unspecified atom stereocenters. The first-order valence-electron chi connectivity index (χ1n) is 11.1. The molecule has 2 aliphatic heterocycles. The van der Waals surface area contributed by atoms with Gasteiger partial charge in [0.05, 0.1) is 0 Å². The minimum Gasteiger partial charge on any atom is -0.457 e. The molecular weight excluding hydrogens is 384 g/mol. The van der Waals surface area contributed by atoms with Crippen molar-refractivity contribution in [3.63, 3.8) is 0 Å². The number of nitrogens with zero attached hydrogens (tertiary/aromatic N) is 2. The average molecular weight is 413 g/mol. The monoisotopic (exact) mass is 412 g/mol. The third-order valence-corrected chi connectivity index (χ3v) is 6.56. The van der Waals surface area contributed by atoms with Crippen LogP contribution in [0.3, 0.4) is 0 Å². The lowest BCUT2D eigenvalue weighted by Crippen LogP contribution is -2.61. The number of carbonyl (C=O) groups excluding carboxylic acids is 1. The fraction of sp³-hybridized carbons (Fsp3) is 0.296. The second-order valence-corrected chi connectivity index (χ2v) is 8.87. The van der Waals surface area contributed by atoms with Gasteiger partial charge in [-0.1, -0.05) is 48.5 Å². The van der Waals surface area contributed by atoms with Crippen molar-refractivity contribution in [2.24, 2.45) is 5.41 Å². The van der Waals surface area contributed by atoms with Gasteiger partial charge in [-0.25, -0.2) is 0 Å². The Hall–Kier alpha value is -3.11. The number of amides is 1. The van der Waals surface area contributed by atoms with Gasteiger partial charge in [0.2, 0.25) is 0 Å². The van der Waals surface area contributed by atoms with Crippen molar-refractivity contribution in [3.05, 3.63) is 96.1 Å². The van der Waals surface area contributed by atoms with Crippen LogP contribution in [-0.4, -0.2) is 41.9 Å². The molecule has 2 heterocycles. The van der Waals surface area contributed by atoms with Crippen LogP contribution < -0.4 is 4.74 Å². The number of rotatable bonds is 5. The third kappa shape index (κ3) is 4.49. The summed E-state index contributed by atoms with van der Waals surface area (Å²) in [5.74, 6) is 1.91. The Morgan fingerprint density at radius 1 is 0.806 bits per heavy atom. The topological polar surface area (TPSA) is 32.8 Å². The predicted octanol–water partition coefficient (Wildman–Crippen LogP) is 5.22. The van der Waals surface area contributed by atoms with Gasteiger partial charge in [-0.2, -0.15) is 0 Å². The van der Waals surface area contributed by atoms with Crippen molar-refractivity contribution in [2.75, 3.05) is 26.2 Å². The number of piperidine rings is 1. The first-order chi connectivity index (χ1) is 15.2. The molecule has 158 valence electrons. The minimum atomic E-state index is 0.170. The van der Waals surface area contributed by atoms with E-state index in [1.165, 1.54) is 5.56 Å². The van der Waals surface area contributed by atoms with Crippen LogP contribution in [-0.2, 0) is 6.54 Å². The number of hydrogen-bond donors (Lipinski definition) is 0. The van der Waals surface area contributed by atoms with E-state index in [-0.39, 0.29) is 5.91 Å². The molecule has 3 aromatic rings. The van der Waals surface area contributed by atoms with E-state index in [2.05, 4.69) is 23.1 Å². The molecule has 0 aromatic heterocycles. The Bertz CT molecular complexity index is 1020. The Labute approximate surface area is 184 Å². The number of carbonyl (C=O) groups is 1. The third-order valence-electron chi connectivity index (χ3n) is 6.56. The largest absolute Gasteiger partial charge is 0.457 e. The van der Waals surface area contributed by atoms with Crippen LogP contribution in [0.2, 0.25) is 0 Å². The molecule has 0 radical (unpaired) electrons. The van der Waals surface area contributed by atoms with E-state index in [0.717, 1.165) is 62.6 Å². The van der Waals surface area contributed by atoms with E-state index in [4.69, 9.17) is 4.74 Å². The standard InChI is InChI=1S/C27H28N2O2/c30-26(23-9-3-1-4-10-23)29-20-27(21-29)14-16-28(17-15-27)19-22-8-7-13-25(18-22)31-24-11-5-2-6-12-24/h1-13,18H,14-17,19-21H2. The van der Waals surface area contributed by atoms with E-state index in [0.29, 0.717) is 5.41 Å². The summed E-state index contributed by atoms with van der Waals surface area (Å²) in [4.78, 5) is 17.2. The van der Waals surface area contributed by atoms with Crippen LogP contribution in [0, 0.1) is 5.41 Å². The highest BCUT2D eigenvalue weighted by Gasteiger charge is 2.46. The molecular formula is C27H28N2O2. The van der Waals surface area contributed by atoms with E-state index in [1.807, 2.05) is 71.6 Å². The summed E-state index contributed by atoms with van der Waals surface area (Å²) in [7, 11) is 0. The SMILES string of the molecule is O=C(c1ccccc1)N1CC2(CCN(Cc3cccc(Oc4ccccc4)c3)CC2)C1. The quantitative estimate of drug-likeness (QED) is 0.576. The molecule has 0 N–H and O–H groups in total. The highest BCUT2D eigenvalue weighted by Crippen LogP contribution is 2.41. The molecule has 1 amide bonds. The number of ether oxygens (including phenoxy) is 1. The Kier molecular flexibility index (Phi) is 5.47. The Morgan fingerprint density at radius 3 is 2.16 bits per heavy atom. The van der Waals surface area contributed by atoms with E-state index in [1.54, 1.807) is 0 Å². The Morgan fingerprint density at radius 2 is 1.45 bits per heavy atom. The second-order valence-electron chi connectivity index (χ2n) is 8.87. The van der Waals surface area contributed by atoms with Crippen molar-refractivity contribution in [1.29, 1.82) is 0 Å². The van der Waals surface area contributed by atoms with Gasteiger partial charge in [-0.05, 0) is 67.9 Å². The van der Waals surface area contributed by atoms with E-state index >= 15 is 0 Å². The Balaban J connectivity index is 1.13. The van der Waals surface area contributed by atoms with Crippen LogP contribution in [0.1, 0.15) is 28.8 Å². The lowest BCUT2D eigenvalue weighted by Gasteiger charge is -2.54. The molecule has 0 atom stereocenters. The first kappa shape index (κ1) is 19.8. The first-order valence-corrected chi connectivity index (χ1v) is 11.1. The lowest BCUT2D eigenvalue weighted by atomic mass is 9.71. The van der Waals surface area contributed by atoms with Crippen molar-refractivity contribution < 1.29 is 9.53 Å². The maximum Gasteiger partial charge on any atom is 0.253 e. The van der Waals surface area contributed by atoms with Gasteiger partial charge in [-0.3, -0.25) is 9.69 Å². The second kappa shape index (κ2) is 8.56. The van der Waals surface area contributed by atoms with E-state index in [9.17, 15) is 4.79 Å². The fourth-order valence-corrected chi connectivity index (χ4v) is 4.76. The number of hydrogen-bond acceptors (Lipinski definition) is 3. The van der Waals surface area contributed by atoms with Gasteiger partial charge < -0.3 is 9.64 Å². The van der Waals surface area contributed by atoms with Crippen LogP contribution >= 0.6 is 0 Å². The maximum absolute atomic E-state index is 12.6. The van der Waals surface area contributed by atoms with Gasteiger partial charge in [0.15, 0.2) is 0 Å². The van der Waals surface area contributed by atoms with E-state index < -0.39 is 0 Å². The van der Waals surface area contributed by atoms with Crippen LogP contribution in [0.25, 0.3) is 0 Å². The fourth-order valence-electron chi connectivity index (χ4n) is 4.76. The minimum absolute atomic E-state index is 0.170. The summed E-state index contributed by atoms with van der Waals surface area (Å²) in [5, 5.41) is 0. The molecule has 2 fully saturated rings.